The third kappa shape index (κ3) is 4.45. The first-order valence-electron chi connectivity index (χ1n) is 6.82. The molecule has 4 heteroatoms. The topological polar surface area (TPSA) is 61.7 Å². The Morgan fingerprint density at radius 3 is 2.48 bits per heavy atom. The quantitative estimate of drug-likeness (QED) is 0.654. The fourth-order valence-electron chi connectivity index (χ4n) is 1.94. The molecule has 0 unspecified atom stereocenters. The van der Waals surface area contributed by atoms with Crippen LogP contribution in [0.1, 0.15) is 24.5 Å². The number of para-hydroxylation sites is 1. The van der Waals surface area contributed by atoms with Gasteiger partial charge in [0.1, 0.15) is 5.75 Å². The van der Waals surface area contributed by atoms with Gasteiger partial charge in [-0.2, -0.15) is 5.10 Å². The van der Waals surface area contributed by atoms with Crippen molar-refractivity contribution in [1.29, 1.82) is 0 Å². The van der Waals surface area contributed by atoms with Crippen LogP contribution in [0.15, 0.2) is 59.7 Å². The van der Waals surface area contributed by atoms with E-state index in [1.165, 1.54) is 0 Å². The lowest BCUT2D eigenvalue weighted by Crippen LogP contribution is -2.19. The molecule has 4 nitrogen and oxygen atoms in total. The number of aryl methyl sites for hydroxylation is 1. The first kappa shape index (κ1) is 14.8. The standard InChI is InChI=1S/C17H18N2O2/c1-13(15-9-5-6-10-16(15)20)18-19-17(21)12-11-14-7-3-2-4-8-14/h2-10,20H,11-12H2,1H3,(H,19,21)/b18-13+. The molecule has 21 heavy (non-hydrogen) atoms. The summed E-state index contributed by atoms with van der Waals surface area (Å²) in [6, 6.07) is 16.7. The Morgan fingerprint density at radius 2 is 1.76 bits per heavy atom. The zero-order valence-electron chi connectivity index (χ0n) is 11.9. The normalized spacial score (nSPS) is 11.2. The van der Waals surface area contributed by atoms with Gasteiger partial charge in [-0.1, -0.05) is 42.5 Å². The summed E-state index contributed by atoms with van der Waals surface area (Å²) in [5.74, 6) is 0.00547. The molecule has 0 atom stereocenters. The number of aromatic hydroxyl groups is 1. The van der Waals surface area contributed by atoms with Gasteiger partial charge in [-0.05, 0) is 31.0 Å². The zero-order valence-corrected chi connectivity index (χ0v) is 11.9. The van der Waals surface area contributed by atoms with Crippen molar-refractivity contribution in [1.82, 2.24) is 5.43 Å². The summed E-state index contributed by atoms with van der Waals surface area (Å²) < 4.78 is 0. The van der Waals surface area contributed by atoms with Gasteiger partial charge in [0.25, 0.3) is 0 Å². The number of carbonyl (C=O) groups excluding carboxylic acids is 1. The number of phenolic OH excluding ortho intramolecular Hbond substituents is 1. The second-order valence-corrected chi connectivity index (χ2v) is 4.73. The van der Waals surface area contributed by atoms with E-state index in [0.717, 1.165) is 5.56 Å². The first-order chi connectivity index (χ1) is 10.2. The Kier molecular flexibility index (Phi) is 5.10. The van der Waals surface area contributed by atoms with Crippen molar-refractivity contribution in [3.63, 3.8) is 0 Å². The summed E-state index contributed by atoms with van der Waals surface area (Å²) in [6.45, 7) is 1.74. The van der Waals surface area contributed by atoms with Crippen LogP contribution in [0.2, 0.25) is 0 Å². The molecule has 0 radical (unpaired) electrons. The molecular weight excluding hydrogens is 264 g/mol. The van der Waals surface area contributed by atoms with Crippen molar-refractivity contribution in [2.24, 2.45) is 5.10 Å². The minimum Gasteiger partial charge on any atom is -0.507 e. The van der Waals surface area contributed by atoms with Gasteiger partial charge in [0.05, 0.1) is 5.71 Å². The maximum atomic E-state index is 11.8. The summed E-state index contributed by atoms with van der Waals surface area (Å²) >= 11 is 0. The van der Waals surface area contributed by atoms with Crippen molar-refractivity contribution in [3.8, 4) is 5.75 Å². The predicted octanol–water partition coefficient (Wildman–Crippen LogP) is 2.87. The van der Waals surface area contributed by atoms with E-state index in [4.69, 9.17) is 0 Å². The maximum absolute atomic E-state index is 11.8. The molecule has 0 spiro atoms. The van der Waals surface area contributed by atoms with Gasteiger partial charge >= 0.3 is 0 Å². The predicted molar refractivity (Wildman–Crippen MR) is 83.2 cm³/mol. The molecule has 2 N–H and O–H groups in total. The second-order valence-electron chi connectivity index (χ2n) is 4.73. The highest BCUT2D eigenvalue weighted by atomic mass is 16.3. The number of amides is 1. The van der Waals surface area contributed by atoms with Crippen LogP contribution in [0.5, 0.6) is 5.75 Å². The lowest BCUT2D eigenvalue weighted by Gasteiger charge is -2.05. The molecule has 2 aromatic carbocycles. The number of nitrogens with one attached hydrogen (secondary N) is 1. The van der Waals surface area contributed by atoms with E-state index in [9.17, 15) is 9.90 Å². The van der Waals surface area contributed by atoms with Crippen LogP contribution in [-0.4, -0.2) is 16.7 Å². The van der Waals surface area contributed by atoms with Gasteiger partial charge in [-0.15, -0.1) is 0 Å². The smallest absolute Gasteiger partial charge is 0.240 e. The highest BCUT2D eigenvalue weighted by Crippen LogP contribution is 2.16. The second kappa shape index (κ2) is 7.24. The molecule has 0 fully saturated rings. The van der Waals surface area contributed by atoms with E-state index in [-0.39, 0.29) is 11.7 Å². The van der Waals surface area contributed by atoms with Gasteiger partial charge < -0.3 is 5.11 Å². The summed E-state index contributed by atoms with van der Waals surface area (Å²) in [5.41, 5.74) is 4.82. The maximum Gasteiger partial charge on any atom is 0.240 e. The summed E-state index contributed by atoms with van der Waals surface area (Å²) in [7, 11) is 0. The Morgan fingerprint density at radius 1 is 1.10 bits per heavy atom. The molecule has 1 amide bonds. The van der Waals surface area contributed by atoms with Crippen molar-refractivity contribution < 1.29 is 9.90 Å². The number of hydrazone groups is 1. The average molecular weight is 282 g/mol. The molecule has 0 aliphatic carbocycles. The monoisotopic (exact) mass is 282 g/mol. The van der Waals surface area contributed by atoms with Crippen LogP contribution >= 0.6 is 0 Å². The Bertz CT molecular complexity index is 636. The molecule has 0 aromatic heterocycles. The average Bonchev–Trinajstić information content (AvgIpc) is 2.52. The highest BCUT2D eigenvalue weighted by molar-refractivity contribution is 6.01. The third-order valence-corrected chi connectivity index (χ3v) is 3.13. The molecule has 2 aromatic rings. The van der Waals surface area contributed by atoms with E-state index in [0.29, 0.717) is 24.1 Å². The van der Waals surface area contributed by atoms with Gasteiger partial charge in [0, 0.05) is 12.0 Å². The van der Waals surface area contributed by atoms with Gasteiger partial charge in [0.2, 0.25) is 5.91 Å². The van der Waals surface area contributed by atoms with Crippen LogP contribution in [0.25, 0.3) is 0 Å². The minimum atomic E-state index is -0.145. The van der Waals surface area contributed by atoms with Crippen LogP contribution in [0, 0.1) is 0 Å². The fourth-order valence-corrected chi connectivity index (χ4v) is 1.94. The third-order valence-electron chi connectivity index (χ3n) is 3.13. The van der Waals surface area contributed by atoms with E-state index in [2.05, 4.69) is 10.5 Å². The molecule has 0 saturated heterocycles. The summed E-state index contributed by atoms with van der Waals surface area (Å²) in [6.07, 6.45) is 1.05. The van der Waals surface area contributed by atoms with Crippen molar-refractivity contribution in [2.45, 2.75) is 19.8 Å². The lowest BCUT2D eigenvalue weighted by atomic mass is 10.1. The molecule has 0 aliphatic rings. The van der Waals surface area contributed by atoms with Crippen molar-refractivity contribution in [3.05, 3.63) is 65.7 Å². The van der Waals surface area contributed by atoms with Crippen LogP contribution in [0.3, 0.4) is 0 Å². The Labute approximate surface area is 124 Å². The number of carbonyl (C=O) groups is 1. The number of benzene rings is 2. The Balaban J connectivity index is 1.88. The van der Waals surface area contributed by atoms with E-state index in [1.807, 2.05) is 36.4 Å². The molecule has 0 aliphatic heterocycles. The highest BCUT2D eigenvalue weighted by Gasteiger charge is 2.05. The lowest BCUT2D eigenvalue weighted by molar-refractivity contribution is -0.121. The van der Waals surface area contributed by atoms with Gasteiger partial charge in [-0.25, -0.2) is 5.43 Å². The summed E-state index contributed by atoms with van der Waals surface area (Å²) in [4.78, 5) is 11.8. The molecule has 2 rings (SSSR count). The number of hydrogen-bond acceptors (Lipinski definition) is 3. The molecule has 0 saturated carbocycles. The van der Waals surface area contributed by atoms with E-state index >= 15 is 0 Å². The largest absolute Gasteiger partial charge is 0.507 e. The Hall–Kier alpha value is -2.62. The zero-order chi connectivity index (χ0) is 15.1. The van der Waals surface area contributed by atoms with E-state index in [1.54, 1.807) is 25.1 Å². The first-order valence-corrected chi connectivity index (χ1v) is 6.82. The van der Waals surface area contributed by atoms with Gasteiger partial charge in [0.15, 0.2) is 0 Å². The number of rotatable bonds is 5. The minimum absolute atomic E-state index is 0.145. The summed E-state index contributed by atoms with van der Waals surface area (Å²) in [5, 5.41) is 13.7. The SMILES string of the molecule is C/C(=N\NC(=O)CCc1ccccc1)c1ccccc1O. The van der Waals surface area contributed by atoms with Crippen LogP contribution in [-0.2, 0) is 11.2 Å². The van der Waals surface area contributed by atoms with E-state index < -0.39 is 0 Å². The molecule has 0 heterocycles. The number of nitrogens with zero attached hydrogens (tertiary/aromatic N) is 1. The van der Waals surface area contributed by atoms with Gasteiger partial charge in [-0.3, -0.25) is 4.79 Å². The van der Waals surface area contributed by atoms with Crippen LogP contribution in [0.4, 0.5) is 0 Å². The fraction of sp³-hybridized carbons (Fsp3) is 0.176. The van der Waals surface area contributed by atoms with Crippen molar-refractivity contribution in [2.75, 3.05) is 0 Å². The van der Waals surface area contributed by atoms with Crippen molar-refractivity contribution >= 4 is 11.6 Å². The molecule has 108 valence electrons. The molecule has 0 bridgehead atoms. The van der Waals surface area contributed by atoms with Crippen LogP contribution < -0.4 is 5.43 Å². The number of hydrogen-bond donors (Lipinski definition) is 2. The molecular formula is C17H18N2O2. The number of phenols is 1.